The molecule has 0 spiro atoms. The SMILES string of the molecule is CCNc1nc(SCCC(=O)OC)cc(C(F)(F)F)n1. The summed E-state index contributed by atoms with van der Waals surface area (Å²) in [5, 5.41) is 2.80. The maximum absolute atomic E-state index is 12.7. The Balaban J connectivity index is 2.83. The molecule has 0 saturated carbocycles. The van der Waals surface area contributed by atoms with E-state index in [-0.39, 0.29) is 23.1 Å². The molecule has 0 aliphatic carbocycles. The van der Waals surface area contributed by atoms with Crippen LogP contribution in [0.3, 0.4) is 0 Å². The van der Waals surface area contributed by atoms with E-state index in [1.54, 1.807) is 6.92 Å². The van der Waals surface area contributed by atoms with Gasteiger partial charge in [-0.05, 0) is 6.92 Å². The van der Waals surface area contributed by atoms with Crippen molar-refractivity contribution in [3.63, 3.8) is 0 Å². The third-order valence-corrected chi connectivity index (χ3v) is 3.02. The molecule has 112 valence electrons. The lowest BCUT2D eigenvalue weighted by Crippen LogP contribution is -2.12. The lowest BCUT2D eigenvalue weighted by Gasteiger charge is -2.10. The molecule has 20 heavy (non-hydrogen) atoms. The number of alkyl halides is 3. The molecule has 0 aromatic carbocycles. The largest absolute Gasteiger partial charge is 0.469 e. The van der Waals surface area contributed by atoms with E-state index in [4.69, 9.17) is 0 Å². The summed E-state index contributed by atoms with van der Waals surface area (Å²) in [7, 11) is 1.25. The standard InChI is InChI=1S/C11H14F3N3O2S/c1-3-15-10-16-7(11(12,13)14)6-8(17-10)20-5-4-9(18)19-2/h6H,3-5H2,1-2H3,(H,15,16,17). The molecule has 0 unspecified atom stereocenters. The molecule has 0 bridgehead atoms. The Hall–Kier alpha value is -1.51. The predicted molar refractivity (Wildman–Crippen MR) is 68.6 cm³/mol. The average molecular weight is 309 g/mol. The topological polar surface area (TPSA) is 64.1 Å². The normalized spacial score (nSPS) is 11.2. The maximum Gasteiger partial charge on any atom is 0.433 e. The van der Waals surface area contributed by atoms with Crippen LogP contribution in [0.25, 0.3) is 0 Å². The Bertz CT molecular complexity index is 469. The molecule has 1 rings (SSSR count). The van der Waals surface area contributed by atoms with Gasteiger partial charge in [-0.15, -0.1) is 11.8 Å². The summed E-state index contributed by atoms with van der Waals surface area (Å²) < 4.78 is 42.5. The van der Waals surface area contributed by atoms with Gasteiger partial charge < -0.3 is 10.1 Å². The Morgan fingerprint density at radius 1 is 1.45 bits per heavy atom. The summed E-state index contributed by atoms with van der Waals surface area (Å²) in [5.74, 6) is -0.218. The number of carbonyl (C=O) groups excluding carboxylic acids is 1. The predicted octanol–water partition coefficient (Wildman–Crippen LogP) is 2.58. The van der Waals surface area contributed by atoms with Crippen LogP contribution in [0.5, 0.6) is 0 Å². The highest BCUT2D eigenvalue weighted by molar-refractivity contribution is 7.99. The van der Waals surface area contributed by atoms with E-state index in [9.17, 15) is 18.0 Å². The van der Waals surface area contributed by atoms with Crippen molar-refractivity contribution in [1.29, 1.82) is 0 Å². The molecule has 1 heterocycles. The van der Waals surface area contributed by atoms with Crippen molar-refractivity contribution in [2.45, 2.75) is 24.5 Å². The molecule has 1 aromatic heterocycles. The molecule has 9 heteroatoms. The Kier molecular flexibility index (Phi) is 6.05. The van der Waals surface area contributed by atoms with Crippen LogP contribution in [0.2, 0.25) is 0 Å². The summed E-state index contributed by atoms with van der Waals surface area (Å²) in [5.41, 5.74) is -1.01. The lowest BCUT2D eigenvalue weighted by molar-refractivity contribution is -0.141. The first kappa shape index (κ1) is 16.5. The van der Waals surface area contributed by atoms with E-state index in [2.05, 4.69) is 20.0 Å². The number of anilines is 1. The zero-order valence-corrected chi connectivity index (χ0v) is 11.8. The van der Waals surface area contributed by atoms with Gasteiger partial charge in [0.25, 0.3) is 0 Å². The summed E-state index contributed by atoms with van der Waals surface area (Å²) in [6.45, 7) is 2.14. The highest BCUT2D eigenvalue weighted by Crippen LogP contribution is 2.30. The summed E-state index contributed by atoms with van der Waals surface area (Å²) in [4.78, 5) is 18.3. The number of nitrogens with zero attached hydrogens (tertiary/aromatic N) is 2. The van der Waals surface area contributed by atoms with E-state index in [0.717, 1.165) is 17.8 Å². The van der Waals surface area contributed by atoms with Gasteiger partial charge in [0.05, 0.1) is 13.5 Å². The highest BCUT2D eigenvalue weighted by Gasteiger charge is 2.33. The number of halogens is 3. The molecule has 1 N–H and O–H groups in total. The number of rotatable bonds is 6. The van der Waals surface area contributed by atoms with Gasteiger partial charge in [0, 0.05) is 18.4 Å². The van der Waals surface area contributed by atoms with E-state index in [1.807, 2.05) is 0 Å². The number of thioether (sulfide) groups is 1. The average Bonchev–Trinajstić information content (AvgIpc) is 2.37. The number of hydrogen-bond donors (Lipinski definition) is 1. The van der Waals surface area contributed by atoms with Gasteiger partial charge in [-0.3, -0.25) is 4.79 Å². The molecule has 0 atom stereocenters. The van der Waals surface area contributed by atoms with Crippen molar-refractivity contribution in [3.8, 4) is 0 Å². The first-order chi connectivity index (χ1) is 9.36. The van der Waals surface area contributed by atoms with Gasteiger partial charge in [0.2, 0.25) is 5.95 Å². The summed E-state index contributed by atoms with van der Waals surface area (Å²) in [6.07, 6.45) is -4.44. The van der Waals surface area contributed by atoms with Crippen LogP contribution < -0.4 is 5.32 Å². The van der Waals surface area contributed by atoms with E-state index in [1.165, 1.54) is 7.11 Å². The number of methoxy groups -OCH3 is 1. The number of esters is 1. The van der Waals surface area contributed by atoms with Crippen LogP contribution in [0.15, 0.2) is 11.1 Å². The van der Waals surface area contributed by atoms with Crippen molar-refractivity contribution in [1.82, 2.24) is 9.97 Å². The van der Waals surface area contributed by atoms with Crippen molar-refractivity contribution < 1.29 is 22.7 Å². The van der Waals surface area contributed by atoms with E-state index < -0.39 is 17.8 Å². The minimum atomic E-state index is -4.54. The smallest absolute Gasteiger partial charge is 0.433 e. The van der Waals surface area contributed by atoms with Crippen LogP contribution >= 0.6 is 11.8 Å². The van der Waals surface area contributed by atoms with E-state index in [0.29, 0.717) is 6.54 Å². The fourth-order valence-electron chi connectivity index (χ4n) is 1.22. The van der Waals surface area contributed by atoms with Crippen molar-refractivity contribution in [2.75, 3.05) is 24.7 Å². The first-order valence-corrected chi connectivity index (χ1v) is 6.75. The molecule has 1 aromatic rings. The van der Waals surface area contributed by atoms with Crippen molar-refractivity contribution in [2.24, 2.45) is 0 Å². The molecule has 0 aliphatic rings. The second-order valence-electron chi connectivity index (χ2n) is 3.62. The molecule has 0 amide bonds. The molecule has 0 saturated heterocycles. The number of hydrogen-bond acceptors (Lipinski definition) is 6. The Labute approximate surface area is 118 Å². The summed E-state index contributed by atoms with van der Waals surface area (Å²) in [6, 6.07) is 0.864. The zero-order chi connectivity index (χ0) is 15.2. The lowest BCUT2D eigenvalue weighted by atomic mass is 10.4. The molecule has 5 nitrogen and oxygen atoms in total. The fraction of sp³-hybridized carbons (Fsp3) is 0.545. The van der Waals surface area contributed by atoms with Crippen molar-refractivity contribution >= 4 is 23.7 Å². The first-order valence-electron chi connectivity index (χ1n) is 5.76. The number of ether oxygens (including phenoxy) is 1. The van der Waals surface area contributed by atoms with Gasteiger partial charge in [0.1, 0.15) is 5.03 Å². The monoisotopic (exact) mass is 309 g/mol. The second-order valence-corrected chi connectivity index (χ2v) is 4.73. The molecule has 0 aliphatic heterocycles. The van der Waals surface area contributed by atoms with Gasteiger partial charge in [-0.2, -0.15) is 13.2 Å². The molecular formula is C11H14F3N3O2S. The number of aromatic nitrogens is 2. The molecule has 0 fully saturated rings. The highest BCUT2D eigenvalue weighted by atomic mass is 32.2. The van der Waals surface area contributed by atoms with Crippen LogP contribution in [-0.2, 0) is 15.7 Å². The third kappa shape index (κ3) is 5.24. The number of nitrogens with one attached hydrogen (secondary N) is 1. The van der Waals surface area contributed by atoms with Crippen LogP contribution in [0.1, 0.15) is 19.0 Å². The summed E-state index contributed by atoms with van der Waals surface area (Å²) >= 11 is 1.04. The van der Waals surface area contributed by atoms with Crippen LogP contribution in [-0.4, -0.2) is 35.3 Å². The molecular weight excluding hydrogens is 295 g/mol. The van der Waals surface area contributed by atoms with Crippen LogP contribution in [0, 0.1) is 0 Å². The Morgan fingerprint density at radius 2 is 2.15 bits per heavy atom. The maximum atomic E-state index is 12.7. The number of carbonyl (C=O) groups is 1. The minimum absolute atomic E-state index is 0.0807. The minimum Gasteiger partial charge on any atom is -0.469 e. The quantitative estimate of drug-likeness (QED) is 0.495. The Morgan fingerprint density at radius 3 is 2.70 bits per heavy atom. The van der Waals surface area contributed by atoms with Gasteiger partial charge in [0.15, 0.2) is 5.69 Å². The fourth-order valence-corrected chi connectivity index (χ4v) is 2.05. The third-order valence-electron chi connectivity index (χ3n) is 2.11. The second kappa shape index (κ2) is 7.32. The van der Waals surface area contributed by atoms with E-state index >= 15 is 0 Å². The van der Waals surface area contributed by atoms with Crippen molar-refractivity contribution in [3.05, 3.63) is 11.8 Å². The van der Waals surface area contributed by atoms with Gasteiger partial charge in [-0.25, -0.2) is 9.97 Å². The molecule has 0 radical (unpaired) electrons. The van der Waals surface area contributed by atoms with Gasteiger partial charge >= 0.3 is 12.1 Å². The zero-order valence-electron chi connectivity index (χ0n) is 11.0. The van der Waals surface area contributed by atoms with Gasteiger partial charge in [-0.1, -0.05) is 0 Å². The van der Waals surface area contributed by atoms with Crippen LogP contribution in [0.4, 0.5) is 19.1 Å².